The number of benzene rings is 1. The number of nitrogens with zero attached hydrogens (tertiary/aromatic N) is 3. The van der Waals surface area contributed by atoms with Crippen LogP contribution in [0.3, 0.4) is 0 Å². The van der Waals surface area contributed by atoms with Crippen LogP contribution in [0.4, 0.5) is 5.69 Å². The Morgan fingerprint density at radius 1 is 1.31 bits per heavy atom. The molecule has 2 heterocycles. The van der Waals surface area contributed by atoms with Gasteiger partial charge in [0.2, 0.25) is 0 Å². The van der Waals surface area contributed by atoms with Gasteiger partial charge in [0.05, 0.1) is 22.9 Å². The number of nitrogens with one attached hydrogen (secondary N) is 2. The molecule has 2 aromatic rings. The summed E-state index contributed by atoms with van der Waals surface area (Å²) in [5, 5.41) is 7.68. The maximum atomic E-state index is 12.2. The number of hydrogen-bond acceptors (Lipinski definition) is 5. The molecule has 1 aromatic heterocycles. The third-order valence-electron chi connectivity index (χ3n) is 4.38. The van der Waals surface area contributed by atoms with Crippen molar-refractivity contribution in [2.24, 2.45) is 4.99 Å². The van der Waals surface area contributed by atoms with E-state index in [0.29, 0.717) is 13.1 Å². The molecule has 0 saturated carbocycles. The molecule has 2 N–H and O–H groups in total. The lowest BCUT2D eigenvalue weighted by molar-refractivity contribution is -0.121. The van der Waals surface area contributed by atoms with Crippen molar-refractivity contribution in [3.05, 3.63) is 39.8 Å². The number of guanidine groups is 1. The lowest BCUT2D eigenvalue weighted by Gasteiger charge is -2.29. The van der Waals surface area contributed by atoms with Gasteiger partial charge < -0.3 is 20.3 Å². The van der Waals surface area contributed by atoms with Crippen LogP contribution >= 0.6 is 35.3 Å². The van der Waals surface area contributed by atoms with Crippen molar-refractivity contribution in [1.82, 2.24) is 15.6 Å². The van der Waals surface area contributed by atoms with E-state index in [4.69, 9.17) is 4.74 Å². The van der Waals surface area contributed by atoms with Gasteiger partial charge in [-0.15, -0.1) is 35.3 Å². The predicted molar refractivity (Wildman–Crippen MR) is 129 cm³/mol. The number of aryl methyl sites for hydroxylation is 2. The molecule has 0 saturated heterocycles. The summed E-state index contributed by atoms with van der Waals surface area (Å²) in [5.74, 6) is 1.54. The standard InChI is InChI=1S/C20H27N5O2S.HI/c1-4-21-20(23-12-18-14(2)24-15(3)28-18)22-10-7-11-25-16-8-5-6-9-17(16)27-13-19(25)26;/h5-6,8-9H,4,7,10-13H2,1-3H3,(H2,21,22,23);1H. The Morgan fingerprint density at radius 3 is 2.83 bits per heavy atom. The van der Waals surface area contributed by atoms with Crippen LogP contribution in [0.2, 0.25) is 0 Å². The van der Waals surface area contributed by atoms with Crippen molar-refractivity contribution in [1.29, 1.82) is 0 Å². The Balaban J connectivity index is 0.00000300. The summed E-state index contributed by atoms with van der Waals surface area (Å²) in [4.78, 5) is 24.3. The number of anilines is 1. The van der Waals surface area contributed by atoms with Crippen molar-refractivity contribution in [3.63, 3.8) is 0 Å². The Kier molecular flexibility index (Phi) is 9.15. The molecular formula is C20H28IN5O2S. The summed E-state index contributed by atoms with van der Waals surface area (Å²) in [5.41, 5.74) is 1.89. The van der Waals surface area contributed by atoms with Gasteiger partial charge in [-0.05, 0) is 39.3 Å². The number of thiazole rings is 1. The number of aromatic nitrogens is 1. The van der Waals surface area contributed by atoms with E-state index in [1.165, 1.54) is 4.88 Å². The summed E-state index contributed by atoms with van der Waals surface area (Å²) in [6.45, 7) is 8.94. The van der Waals surface area contributed by atoms with Gasteiger partial charge in [0.15, 0.2) is 12.6 Å². The highest BCUT2D eigenvalue weighted by atomic mass is 127. The van der Waals surface area contributed by atoms with Crippen molar-refractivity contribution in [2.75, 3.05) is 31.1 Å². The van der Waals surface area contributed by atoms with Crippen molar-refractivity contribution >= 4 is 52.9 Å². The largest absolute Gasteiger partial charge is 0.482 e. The highest BCUT2D eigenvalue weighted by Crippen LogP contribution is 2.31. The molecule has 0 spiro atoms. The first-order chi connectivity index (χ1) is 13.6. The Hall–Kier alpha value is -1.88. The minimum atomic E-state index is -0.00434. The zero-order chi connectivity index (χ0) is 19.9. The van der Waals surface area contributed by atoms with E-state index >= 15 is 0 Å². The second kappa shape index (κ2) is 11.3. The van der Waals surface area contributed by atoms with Gasteiger partial charge in [0.1, 0.15) is 5.75 Å². The van der Waals surface area contributed by atoms with Crippen molar-refractivity contribution < 1.29 is 9.53 Å². The Morgan fingerprint density at radius 2 is 2.10 bits per heavy atom. The van der Waals surface area contributed by atoms with Gasteiger partial charge in [-0.3, -0.25) is 4.79 Å². The zero-order valence-corrected chi connectivity index (χ0v) is 20.2. The quantitative estimate of drug-likeness (QED) is 0.249. The van der Waals surface area contributed by atoms with E-state index < -0.39 is 0 Å². The number of rotatable bonds is 7. The molecular weight excluding hydrogens is 501 g/mol. The number of amides is 1. The van der Waals surface area contributed by atoms with Gasteiger partial charge in [0, 0.05) is 24.5 Å². The minimum Gasteiger partial charge on any atom is -0.482 e. The molecule has 1 aliphatic rings. The Bertz CT molecular complexity index is 855. The number of aliphatic imine (C=N–C) groups is 1. The molecule has 0 bridgehead atoms. The van der Waals surface area contributed by atoms with E-state index in [9.17, 15) is 4.79 Å². The van der Waals surface area contributed by atoms with Crippen LogP contribution in [-0.4, -0.2) is 43.1 Å². The molecule has 3 rings (SSSR count). The molecule has 0 radical (unpaired) electrons. The molecule has 1 aliphatic heterocycles. The van der Waals surface area contributed by atoms with Gasteiger partial charge in [-0.2, -0.15) is 0 Å². The van der Waals surface area contributed by atoms with E-state index in [2.05, 4.69) is 20.6 Å². The van der Waals surface area contributed by atoms with E-state index in [0.717, 1.165) is 47.6 Å². The Labute approximate surface area is 193 Å². The second-order valence-electron chi connectivity index (χ2n) is 6.52. The van der Waals surface area contributed by atoms with Gasteiger partial charge in [0.25, 0.3) is 5.91 Å². The summed E-state index contributed by atoms with van der Waals surface area (Å²) in [6.07, 6.45) is 0.809. The predicted octanol–water partition coefficient (Wildman–Crippen LogP) is 3.25. The van der Waals surface area contributed by atoms with Crippen LogP contribution in [0.1, 0.15) is 28.9 Å². The van der Waals surface area contributed by atoms with Crippen molar-refractivity contribution in [3.8, 4) is 5.75 Å². The number of ether oxygens (including phenoxy) is 1. The summed E-state index contributed by atoms with van der Waals surface area (Å²) < 4.78 is 5.49. The number of carbonyl (C=O) groups excluding carboxylic acids is 1. The maximum Gasteiger partial charge on any atom is 0.265 e. The lowest BCUT2D eigenvalue weighted by atomic mass is 10.2. The molecule has 158 valence electrons. The smallest absolute Gasteiger partial charge is 0.265 e. The number of fused-ring (bicyclic) bond motifs is 1. The fraction of sp³-hybridized carbons (Fsp3) is 0.450. The van der Waals surface area contributed by atoms with Crippen LogP contribution < -0.4 is 20.3 Å². The van der Waals surface area contributed by atoms with Crippen LogP contribution in [0.5, 0.6) is 5.75 Å². The first kappa shape index (κ1) is 23.4. The summed E-state index contributed by atoms with van der Waals surface area (Å²) in [6, 6.07) is 7.65. The molecule has 0 fully saturated rings. The van der Waals surface area contributed by atoms with E-state index in [-0.39, 0.29) is 36.5 Å². The van der Waals surface area contributed by atoms with Gasteiger partial charge in [-0.25, -0.2) is 9.98 Å². The molecule has 1 amide bonds. The maximum absolute atomic E-state index is 12.2. The van der Waals surface area contributed by atoms with E-state index in [1.54, 1.807) is 16.2 Å². The topological polar surface area (TPSA) is 78.9 Å². The second-order valence-corrected chi connectivity index (χ2v) is 7.81. The molecule has 9 heteroatoms. The van der Waals surface area contributed by atoms with Crippen LogP contribution in [0.15, 0.2) is 29.3 Å². The van der Waals surface area contributed by atoms with Crippen LogP contribution in [0.25, 0.3) is 0 Å². The van der Waals surface area contributed by atoms with Crippen LogP contribution in [-0.2, 0) is 11.3 Å². The average Bonchev–Trinajstić information content (AvgIpc) is 3.01. The molecule has 0 aliphatic carbocycles. The molecule has 7 nitrogen and oxygen atoms in total. The lowest BCUT2D eigenvalue weighted by Crippen LogP contribution is -2.42. The molecule has 0 unspecified atom stereocenters. The summed E-state index contributed by atoms with van der Waals surface area (Å²) >= 11 is 1.69. The molecule has 1 aromatic carbocycles. The highest BCUT2D eigenvalue weighted by Gasteiger charge is 2.24. The third-order valence-corrected chi connectivity index (χ3v) is 5.44. The number of para-hydroxylation sites is 2. The van der Waals surface area contributed by atoms with Gasteiger partial charge >= 0.3 is 0 Å². The SMILES string of the molecule is CCNC(=NCc1sc(C)nc1C)NCCCN1C(=O)COc2ccccc21.I. The third kappa shape index (κ3) is 6.30. The highest BCUT2D eigenvalue weighted by molar-refractivity contribution is 14.0. The number of hydrogen-bond donors (Lipinski definition) is 2. The molecule has 0 atom stereocenters. The fourth-order valence-corrected chi connectivity index (χ4v) is 3.92. The average molecular weight is 529 g/mol. The first-order valence-electron chi connectivity index (χ1n) is 9.55. The minimum absolute atomic E-state index is 0. The summed E-state index contributed by atoms with van der Waals surface area (Å²) in [7, 11) is 0. The monoisotopic (exact) mass is 529 g/mol. The molecule has 29 heavy (non-hydrogen) atoms. The van der Waals surface area contributed by atoms with Crippen LogP contribution in [0, 0.1) is 13.8 Å². The zero-order valence-electron chi connectivity index (χ0n) is 17.0. The fourth-order valence-electron chi connectivity index (χ4n) is 3.06. The normalized spacial score (nSPS) is 13.4. The van der Waals surface area contributed by atoms with Gasteiger partial charge in [-0.1, -0.05) is 12.1 Å². The van der Waals surface area contributed by atoms with E-state index in [1.807, 2.05) is 45.0 Å². The van der Waals surface area contributed by atoms with Crippen molar-refractivity contribution in [2.45, 2.75) is 33.7 Å². The number of halogens is 1. The first-order valence-corrected chi connectivity index (χ1v) is 10.4. The number of carbonyl (C=O) groups is 1.